The Hall–Kier alpha value is -2.69. The molecule has 2 aromatic rings. The number of carbonyl (C=O) groups is 2. The number of hydrogen-bond acceptors (Lipinski definition) is 5. The van der Waals surface area contributed by atoms with Crippen molar-refractivity contribution >= 4 is 44.8 Å². The number of carbonyl (C=O) groups excluding carboxylic acids is 2. The first-order chi connectivity index (χ1) is 15.1. The number of halogens is 2. The van der Waals surface area contributed by atoms with Gasteiger partial charge in [-0.15, -0.1) is 0 Å². The van der Waals surface area contributed by atoms with E-state index in [9.17, 15) is 22.4 Å². The molecular formula is C21H21ClFN3O5S. The van der Waals surface area contributed by atoms with Crippen LogP contribution in [0.2, 0.25) is 5.02 Å². The molecule has 170 valence electrons. The number of anilines is 2. The summed E-state index contributed by atoms with van der Waals surface area (Å²) in [4.78, 5) is 24.3. The summed E-state index contributed by atoms with van der Waals surface area (Å²) in [6.07, 6.45) is 1.01. The minimum Gasteiger partial charge on any atom is -0.482 e. The summed E-state index contributed by atoms with van der Waals surface area (Å²) < 4.78 is 46.6. The van der Waals surface area contributed by atoms with Crippen molar-refractivity contribution < 1.29 is 27.1 Å². The number of hydrogen-bond donors (Lipinski definition) is 2. The molecule has 0 aliphatic carbocycles. The van der Waals surface area contributed by atoms with Gasteiger partial charge in [-0.1, -0.05) is 11.6 Å². The highest BCUT2D eigenvalue weighted by molar-refractivity contribution is 7.89. The number of nitrogens with one attached hydrogen (secondary N) is 2. The monoisotopic (exact) mass is 481 g/mol. The van der Waals surface area contributed by atoms with Crippen molar-refractivity contribution in [2.75, 3.05) is 30.3 Å². The molecule has 0 spiro atoms. The molecule has 0 unspecified atom stereocenters. The normalized spacial score (nSPS) is 19.0. The molecule has 0 aromatic heterocycles. The van der Waals surface area contributed by atoms with Gasteiger partial charge < -0.3 is 15.4 Å². The predicted octanol–water partition coefficient (Wildman–Crippen LogP) is 3.16. The van der Waals surface area contributed by atoms with Gasteiger partial charge in [0.05, 0.1) is 27.2 Å². The van der Waals surface area contributed by atoms with E-state index in [2.05, 4.69) is 10.6 Å². The molecule has 32 heavy (non-hydrogen) atoms. The van der Waals surface area contributed by atoms with Gasteiger partial charge in [0, 0.05) is 19.2 Å². The molecule has 0 saturated carbocycles. The molecule has 4 rings (SSSR count). The van der Waals surface area contributed by atoms with Crippen LogP contribution in [0.25, 0.3) is 0 Å². The van der Waals surface area contributed by atoms with Gasteiger partial charge >= 0.3 is 0 Å². The third kappa shape index (κ3) is 4.43. The Morgan fingerprint density at radius 1 is 1.31 bits per heavy atom. The van der Waals surface area contributed by atoms with E-state index in [1.165, 1.54) is 22.5 Å². The summed E-state index contributed by atoms with van der Waals surface area (Å²) >= 11 is 5.98. The van der Waals surface area contributed by atoms with E-state index in [0.717, 1.165) is 6.07 Å². The second-order valence-corrected chi connectivity index (χ2v) is 10.1. The fraction of sp³-hybridized carbons (Fsp3) is 0.333. The summed E-state index contributed by atoms with van der Waals surface area (Å²) in [7, 11) is -3.91. The smallest absolute Gasteiger partial charge is 0.262 e. The van der Waals surface area contributed by atoms with Gasteiger partial charge in [0.25, 0.3) is 5.91 Å². The van der Waals surface area contributed by atoms with Crippen molar-refractivity contribution in [3.05, 3.63) is 46.7 Å². The van der Waals surface area contributed by atoms with Crippen molar-refractivity contribution in [1.82, 2.24) is 4.31 Å². The first-order valence-electron chi connectivity index (χ1n) is 9.98. The lowest BCUT2D eigenvalue weighted by Gasteiger charge is -2.32. The molecule has 2 heterocycles. The number of rotatable bonds is 4. The van der Waals surface area contributed by atoms with Crippen LogP contribution in [-0.4, -0.2) is 44.2 Å². The number of nitrogens with zero attached hydrogens (tertiary/aromatic N) is 1. The van der Waals surface area contributed by atoms with Crippen molar-refractivity contribution in [2.24, 2.45) is 5.92 Å². The topological polar surface area (TPSA) is 105 Å². The van der Waals surface area contributed by atoms with Crippen LogP contribution in [0.3, 0.4) is 0 Å². The molecular weight excluding hydrogens is 461 g/mol. The van der Waals surface area contributed by atoms with Crippen LogP contribution in [0.1, 0.15) is 18.4 Å². The van der Waals surface area contributed by atoms with E-state index in [4.69, 9.17) is 16.3 Å². The van der Waals surface area contributed by atoms with Crippen LogP contribution in [0.4, 0.5) is 15.8 Å². The van der Waals surface area contributed by atoms with Crippen LogP contribution in [0.15, 0.2) is 35.2 Å². The second kappa shape index (κ2) is 8.68. The Kier molecular flexibility index (Phi) is 6.11. The number of ether oxygens (including phenoxy) is 1. The summed E-state index contributed by atoms with van der Waals surface area (Å²) in [6.45, 7) is 1.73. The molecule has 2 aliphatic heterocycles. The van der Waals surface area contributed by atoms with E-state index in [-0.39, 0.29) is 52.9 Å². The molecule has 1 fully saturated rings. The number of amides is 2. The average Bonchev–Trinajstić information content (AvgIpc) is 2.75. The van der Waals surface area contributed by atoms with Gasteiger partial charge in [-0.3, -0.25) is 9.59 Å². The van der Waals surface area contributed by atoms with Crippen LogP contribution in [0, 0.1) is 18.7 Å². The minimum absolute atomic E-state index is 0.00109. The van der Waals surface area contributed by atoms with E-state index >= 15 is 0 Å². The molecule has 2 N–H and O–H groups in total. The van der Waals surface area contributed by atoms with Crippen molar-refractivity contribution in [3.63, 3.8) is 0 Å². The third-order valence-electron chi connectivity index (χ3n) is 5.47. The summed E-state index contributed by atoms with van der Waals surface area (Å²) in [5, 5.41) is 5.37. The molecule has 1 saturated heterocycles. The van der Waals surface area contributed by atoms with Crippen LogP contribution in [-0.2, 0) is 19.6 Å². The molecule has 2 aliphatic rings. The Morgan fingerprint density at radius 2 is 2.09 bits per heavy atom. The Bertz CT molecular complexity index is 1200. The number of aryl methyl sites for hydroxylation is 1. The number of benzene rings is 2. The van der Waals surface area contributed by atoms with Gasteiger partial charge in [-0.2, -0.15) is 4.31 Å². The predicted molar refractivity (Wildman–Crippen MR) is 117 cm³/mol. The number of piperidine rings is 1. The van der Waals surface area contributed by atoms with E-state index in [1.54, 1.807) is 13.0 Å². The number of fused-ring (bicyclic) bond motifs is 1. The van der Waals surface area contributed by atoms with Crippen molar-refractivity contribution in [3.8, 4) is 5.75 Å². The van der Waals surface area contributed by atoms with Crippen molar-refractivity contribution in [2.45, 2.75) is 24.7 Å². The highest BCUT2D eigenvalue weighted by Gasteiger charge is 2.35. The Labute approximate surface area is 189 Å². The van der Waals surface area contributed by atoms with Gasteiger partial charge in [-0.05, 0) is 49.6 Å². The Morgan fingerprint density at radius 3 is 2.84 bits per heavy atom. The molecule has 0 radical (unpaired) electrons. The summed E-state index contributed by atoms with van der Waals surface area (Å²) in [5.74, 6) is -1.52. The van der Waals surface area contributed by atoms with Gasteiger partial charge in [0.1, 0.15) is 11.6 Å². The summed E-state index contributed by atoms with van der Waals surface area (Å²) in [5.41, 5.74) is 1.15. The average molecular weight is 482 g/mol. The molecule has 2 aromatic carbocycles. The molecule has 1 atom stereocenters. The maximum absolute atomic E-state index is 13.4. The fourth-order valence-corrected chi connectivity index (χ4v) is 5.79. The standard InChI is InChI=1S/C21H21ClFN3O5S/c1-12-7-17-18(31-11-20(27)24-17)9-19(12)32(29,30)26-6-2-3-13(10-26)21(28)25-16-5-4-14(23)8-15(16)22/h4-5,7-9,13H,2-3,6,10-11H2,1H3,(H,24,27)(H,25,28)/t13-/m0/s1. The van der Waals surface area contributed by atoms with Gasteiger partial charge in [-0.25, -0.2) is 12.8 Å². The fourth-order valence-electron chi connectivity index (χ4n) is 3.83. The molecule has 11 heteroatoms. The SMILES string of the molecule is Cc1cc2c(cc1S(=O)(=O)N1CCC[C@H](C(=O)Nc3ccc(F)cc3Cl)C1)OCC(=O)N2. The highest BCUT2D eigenvalue weighted by atomic mass is 35.5. The van der Waals surface area contributed by atoms with Crippen LogP contribution >= 0.6 is 11.6 Å². The van der Waals surface area contributed by atoms with Crippen molar-refractivity contribution in [1.29, 1.82) is 0 Å². The lowest BCUT2D eigenvalue weighted by molar-refractivity contribution is -0.121. The third-order valence-corrected chi connectivity index (χ3v) is 7.79. The molecule has 2 amide bonds. The lowest BCUT2D eigenvalue weighted by Crippen LogP contribution is -2.44. The maximum atomic E-state index is 13.4. The first-order valence-corrected chi connectivity index (χ1v) is 11.8. The quantitative estimate of drug-likeness (QED) is 0.698. The largest absolute Gasteiger partial charge is 0.482 e. The van der Waals surface area contributed by atoms with E-state index in [0.29, 0.717) is 24.1 Å². The van der Waals surface area contributed by atoms with Crippen LogP contribution < -0.4 is 15.4 Å². The van der Waals surface area contributed by atoms with E-state index < -0.39 is 21.8 Å². The van der Waals surface area contributed by atoms with Gasteiger partial charge in [0.2, 0.25) is 15.9 Å². The number of sulfonamides is 1. The lowest BCUT2D eigenvalue weighted by atomic mass is 9.98. The Balaban J connectivity index is 1.53. The highest BCUT2D eigenvalue weighted by Crippen LogP contribution is 2.35. The zero-order valence-corrected chi connectivity index (χ0v) is 18.7. The van der Waals surface area contributed by atoms with Crippen LogP contribution in [0.5, 0.6) is 5.75 Å². The zero-order chi connectivity index (χ0) is 23.0. The zero-order valence-electron chi connectivity index (χ0n) is 17.2. The maximum Gasteiger partial charge on any atom is 0.262 e. The molecule has 8 nitrogen and oxygen atoms in total. The molecule has 0 bridgehead atoms. The minimum atomic E-state index is -3.91. The summed E-state index contributed by atoms with van der Waals surface area (Å²) in [6, 6.07) is 6.61. The first kappa shape index (κ1) is 22.5. The van der Waals surface area contributed by atoms with Gasteiger partial charge in [0.15, 0.2) is 6.61 Å². The second-order valence-electron chi connectivity index (χ2n) is 7.77. The van der Waals surface area contributed by atoms with E-state index in [1.807, 2.05) is 0 Å².